The Labute approximate surface area is 154 Å². The zero-order chi connectivity index (χ0) is 19.1. The zero-order valence-electron chi connectivity index (χ0n) is 15.6. The molecule has 26 heavy (non-hydrogen) atoms. The van der Waals surface area contributed by atoms with Gasteiger partial charge < -0.3 is 19.9 Å². The van der Waals surface area contributed by atoms with Crippen molar-refractivity contribution in [2.45, 2.75) is 39.7 Å². The fraction of sp³-hybridized carbons (Fsp3) is 0.500. The lowest BCUT2D eigenvalue weighted by molar-refractivity contribution is -0.140. The Bertz CT molecular complexity index is 657. The van der Waals surface area contributed by atoms with E-state index in [1.807, 2.05) is 24.3 Å². The van der Waals surface area contributed by atoms with E-state index >= 15 is 0 Å². The molecule has 1 fully saturated rings. The van der Waals surface area contributed by atoms with Crippen LogP contribution >= 0.6 is 0 Å². The maximum atomic E-state index is 12.2. The summed E-state index contributed by atoms with van der Waals surface area (Å²) >= 11 is 0. The van der Waals surface area contributed by atoms with E-state index in [2.05, 4.69) is 5.32 Å². The van der Waals surface area contributed by atoms with Crippen LogP contribution in [0, 0.1) is 5.92 Å². The second-order valence-electron chi connectivity index (χ2n) is 6.63. The molecule has 1 aliphatic heterocycles. The van der Waals surface area contributed by atoms with Crippen LogP contribution < -0.4 is 10.1 Å². The molecule has 2 N–H and O–H groups in total. The largest absolute Gasteiger partial charge is 0.489 e. The van der Waals surface area contributed by atoms with Crippen LogP contribution in [0.5, 0.6) is 5.75 Å². The molecule has 1 saturated heterocycles. The van der Waals surface area contributed by atoms with Crippen LogP contribution in [0.4, 0.5) is 0 Å². The number of ether oxygens (including phenoxy) is 2. The third-order valence-electron chi connectivity index (χ3n) is 4.28. The summed E-state index contributed by atoms with van der Waals surface area (Å²) in [5.41, 5.74) is 1.10. The van der Waals surface area contributed by atoms with Crippen LogP contribution in [-0.2, 0) is 20.7 Å². The lowest BCUT2D eigenvalue weighted by atomic mass is 9.93. The minimum atomic E-state index is -1.10. The van der Waals surface area contributed by atoms with Crippen molar-refractivity contribution in [1.29, 1.82) is 0 Å². The van der Waals surface area contributed by atoms with Crippen molar-refractivity contribution in [3.63, 3.8) is 0 Å². The maximum Gasteiger partial charge on any atom is 0.334 e. The SMILES string of the molecule is CCOC(=O)C(=C(Cc1ccc(OC2CCNC2)cc1)C(=O)O)C(C)C. The molecule has 0 amide bonds. The Balaban J connectivity index is 2.19. The molecule has 0 radical (unpaired) electrons. The number of aliphatic carboxylic acids is 1. The molecule has 1 unspecified atom stereocenters. The van der Waals surface area contributed by atoms with Crippen molar-refractivity contribution in [1.82, 2.24) is 5.32 Å². The normalized spacial score (nSPS) is 17.8. The predicted molar refractivity (Wildman–Crippen MR) is 98.2 cm³/mol. The van der Waals surface area contributed by atoms with E-state index in [0.717, 1.165) is 30.8 Å². The van der Waals surface area contributed by atoms with Gasteiger partial charge in [0, 0.05) is 13.0 Å². The van der Waals surface area contributed by atoms with Crippen molar-refractivity contribution >= 4 is 11.9 Å². The molecule has 0 aromatic heterocycles. The first-order valence-electron chi connectivity index (χ1n) is 9.02. The molecule has 1 aromatic carbocycles. The smallest absolute Gasteiger partial charge is 0.334 e. The Morgan fingerprint density at radius 1 is 1.27 bits per heavy atom. The van der Waals surface area contributed by atoms with Gasteiger partial charge in [0.25, 0.3) is 0 Å². The molecule has 1 aliphatic rings. The van der Waals surface area contributed by atoms with Gasteiger partial charge in [0.1, 0.15) is 11.9 Å². The number of carboxylic acid groups (broad SMARTS) is 1. The molecule has 1 atom stereocenters. The van der Waals surface area contributed by atoms with Crippen molar-refractivity contribution in [2.75, 3.05) is 19.7 Å². The molecular formula is C20H27NO5. The van der Waals surface area contributed by atoms with Gasteiger partial charge in [-0.25, -0.2) is 9.59 Å². The Kier molecular flexibility index (Phi) is 7.21. The third kappa shape index (κ3) is 5.33. The van der Waals surface area contributed by atoms with Crippen molar-refractivity contribution < 1.29 is 24.2 Å². The van der Waals surface area contributed by atoms with Crippen LogP contribution in [0.15, 0.2) is 35.4 Å². The third-order valence-corrected chi connectivity index (χ3v) is 4.28. The Morgan fingerprint density at radius 3 is 2.46 bits per heavy atom. The molecule has 2 rings (SSSR count). The lowest BCUT2D eigenvalue weighted by Crippen LogP contribution is -2.20. The van der Waals surface area contributed by atoms with Gasteiger partial charge in [-0.15, -0.1) is 0 Å². The van der Waals surface area contributed by atoms with Crippen LogP contribution in [0.2, 0.25) is 0 Å². The number of rotatable bonds is 8. The molecule has 0 spiro atoms. The monoisotopic (exact) mass is 361 g/mol. The van der Waals surface area contributed by atoms with Crippen molar-refractivity contribution in [2.24, 2.45) is 5.92 Å². The van der Waals surface area contributed by atoms with Gasteiger partial charge in [-0.2, -0.15) is 0 Å². The highest BCUT2D eigenvalue weighted by Crippen LogP contribution is 2.23. The number of carbonyl (C=O) groups excluding carboxylic acids is 1. The standard InChI is InChI=1S/C20H27NO5/c1-4-25-20(24)18(13(2)3)17(19(22)23)11-14-5-7-15(8-6-14)26-16-9-10-21-12-16/h5-8,13,16,21H,4,9-12H2,1-3H3,(H,22,23). The summed E-state index contributed by atoms with van der Waals surface area (Å²) in [6.07, 6.45) is 1.31. The summed E-state index contributed by atoms with van der Waals surface area (Å²) in [7, 11) is 0. The predicted octanol–water partition coefficient (Wildman–Crippen LogP) is 2.57. The van der Waals surface area contributed by atoms with E-state index in [4.69, 9.17) is 9.47 Å². The molecule has 6 heteroatoms. The average Bonchev–Trinajstić information content (AvgIpc) is 3.08. The molecule has 0 bridgehead atoms. The molecule has 0 saturated carbocycles. The number of benzene rings is 1. The first kappa shape index (κ1) is 20.0. The number of nitrogens with one attached hydrogen (secondary N) is 1. The average molecular weight is 361 g/mol. The van der Waals surface area contributed by atoms with Crippen LogP contribution in [0.1, 0.15) is 32.8 Å². The molecule has 6 nitrogen and oxygen atoms in total. The minimum Gasteiger partial charge on any atom is -0.489 e. The first-order valence-corrected chi connectivity index (χ1v) is 9.02. The summed E-state index contributed by atoms with van der Waals surface area (Å²) in [6.45, 7) is 7.30. The van der Waals surface area contributed by atoms with Gasteiger partial charge in [0.2, 0.25) is 0 Å². The first-order chi connectivity index (χ1) is 12.4. The van der Waals surface area contributed by atoms with E-state index in [0.29, 0.717) is 0 Å². The van der Waals surface area contributed by atoms with E-state index in [1.54, 1.807) is 20.8 Å². The summed E-state index contributed by atoms with van der Waals surface area (Å²) in [4.78, 5) is 24.0. The minimum absolute atomic E-state index is 0.0760. The number of hydrogen-bond acceptors (Lipinski definition) is 5. The molecule has 142 valence electrons. The highest BCUT2D eigenvalue weighted by Gasteiger charge is 2.24. The van der Waals surface area contributed by atoms with Crippen LogP contribution in [-0.4, -0.2) is 42.8 Å². The maximum absolute atomic E-state index is 12.2. The number of carboxylic acids is 1. The second kappa shape index (κ2) is 9.38. The summed E-state index contributed by atoms with van der Waals surface area (Å²) in [5, 5.41) is 12.9. The van der Waals surface area contributed by atoms with E-state index < -0.39 is 11.9 Å². The van der Waals surface area contributed by atoms with Gasteiger partial charge >= 0.3 is 11.9 Å². The molecule has 1 heterocycles. The number of esters is 1. The van der Waals surface area contributed by atoms with Gasteiger partial charge in [-0.05, 0) is 43.5 Å². The zero-order valence-corrected chi connectivity index (χ0v) is 15.6. The fourth-order valence-corrected chi connectivity index (χ4v) is 3.01. The fourth-order valence-electron chi connectivity index (χ4n) is 3.01. The quantitative estimate of drug-likeness (QED) is 0.547. The van der Waals surface area contributed by atoms with E-state index in [1.165, 1.54) is 0 Å². The lowest BCUT2D eigenvalue weighted by Gasteiger charge is -2.15. The molecular weight excluding hydrogens is 334 g/mol. The topological polar surface area (TPSA) is 84.9 Å². The summed E-state index contributed by atoms with van der Waals surface area (Å²) in [5.74, 6) is -1.14. The molecule has 1 aromatic rings. The summed E-state index contributed by atoms with van der Waals surface area (Å²) < 4.78 is 10.9. The Morgan fingerprint density at radius 2 is 1.96 bits per heavy atom. The molecule has 0 aliphatic carbocycles. The van der Waals surface area contributed by atoms with E-state index in [-0.39, 0.29) is 36.2 Å². The van der Waals surface area contributed by atoms with E-state index in [9.17, 15) is 14.7 Å². The van der Waals surface area contributed by atoms with Gasteiger partial charge in [0.05, 0.1) is 17.8 Å². The van der Waals surface area contributed by atoms with Crippen LogP contribution in [0.3, 0.4) is 0 Å². The summed E-state index contributed by atoms with van der Waals surface area (Å²) in [6, 6.07) is 7.35. The van der Waals surface area contributed by atoms with Crippen molar-refractivity contribution in [3.8, 4) is 5.75 Å². The highest BCUT2D eigenvalue weighted by atomic mass is 16.5. The second-order valence-corrected chi connectivity index (χ2v) is 6.63. The van der Waals surface area contributed by atoms with Gasteiger partial charge in [0.15, 0.2) is 0 Å². The van der Waals surface area contributed by atoms with Crippen LogP contribution in [0.25, 0.3) is 0 Å². The van der Waals surface area contributed by atoms with Gasteiger partial charge in [-0.3, -0.25) is 0 Å². The Hall–Kier alpha value is -2.34. The van der Waals surface area contributed by atoms with Crippen molar-refractivity contribution in [3.05, 3.63) is 41.0 Å². The van der Waals surface area contributed by atoms with Gasteiger partial charge in [-0.1, -0.05) is 26.0 Å². The highest BCUT2D eigenvalue weighted by molar-refractivity contribution is 6.00. The number of hydrogen-bond donors (Lipinski definition) is 2. The number of carbonyl (C=O) groups is 2.